The number of amides is 2. The van der Waals surface area contributed by atoms with Crippen LogP contribution in [0.5, 0.6) is 0 Å². The third-order valence-corrected chi connectivity index (χ3v) is 4.28. The summed E-state index contributed by atoms with van der Waals surface area (Å²) in [5.41, 5.74) is -0.476. The summed E-state index contributed by atoms with van der Waals surface area (Å²) in [6.45, 7) is 7.85. The van der Waals surface area contributed by atoms with Crippen LogP contribution in [0.1, 0.15) is 27.2 Å². The van der Waals surface area contributed by atoms with Crippen molar-refractivity contribution >= 4 is 23.8 Å². The minimum atomic E-state index is -0.476. The van der Waals surface area contributed by atoms with Crippen molar-refractivity contribution in [3.05, 3.63) is 11.5 Å². The van der Waals surface area contributed by atoms with E-state index in [4.69, 9.17) is 4.74 Å². The van der Waals surface area contributed by atoms with Gasteiger partial charge in [-0.3, -0.25) is 4.79 Å². The zero-order valence-corrected chi connectivity index (χ0v) is 13.1. The van der Waals surface area contributed by atoms with Gasteiger partial charge in [-0.25, -0.2) is 4.79 Å². The average molecular weight is 298 g/mol. The van der Waals surface area contributed by atoms with Gasteiger partial charge in [0, 0.05) is 26.2 Å². The maximum Gasteiger partial charge on any atom is 0.410 e. The van der Waals surface area contributed by atoms with E-state index in [1.165, 1.54) is 0 Å². The van der Waals surface area contributed by atoms with E-state index in [2.05, 4.69) is 0 Å². The summed E-state index contributed by atoms with van der Waals surface area (Å²) in [5, 5.41) is 2.02. The van der Waals surface area contributed by atoms with Crippen molar-refractivity contribution in [3.8, 4) is 0 Å². The molecule has 0 aromatic rings. The standard InChI is InChI=1S/C14H22N2O3S/c1-14(2,3)19-13(18)16-8-6-15(7-9-16)12(17)11-5-4-10-20-11/h4,10-11H,5-9H2,1-3H3. The topological polar surface area (TPSA) is 49.9 Å². The first-order valence-corrected chi connectivity index (χ1v) is 7.88. The smallest absolute Gasteiger partial charge is 0.410 e. The van der Waals surface area contributed by atoms with Gasteiger partial charge in [-0.05, 0) is 32.6 Å². The molecule has 0 N–H and O–H groups in total. The van der Waals surface area contributed by atoms with Crippen LogP contribution in [-0.4, -0.2) is 58.8 Å². The number of carbonyl (C=O) groups is 2. The van der Waals surface area contributed by atoms with E-state index in [0.717, 1.165) is 6.42 Å². The fraction of sp³-hybridized carbons (Fsp3) is 0.714. The number of thioether (sulfide) groups is 1. The number of ether oxygens (including phenoxy) is 1. The number of allylic oxidation sites excluding steroid dienone is 1. The number of rotatable bonds is 1. The van der Waals surface area contributed by atoms with Crippen molar-refractivity contribution in [3.63, 3.8) is 0 Å². The number of hydrogen-bond acceptors (Lipinski definition) is 4. The molecule has 2 amide bonds. The molecule has 0 aromatic heterocycles. The second-order valence-corrected chi connectivity index (χ2v) is 7.14. The van der Waals surface area contributed by atoms with E-state index in [1.807, 2.05) is 37.2 Å². The molecule has 0 spiro atoms. The molecule has 1 saturated heterocycles. The van der Waals surface area contributed by atoms with Crippen LogP contribution < -0.4 is 0 Å². The molecule has 2 aliphatic rings. The third-order valence-electron chi connectivity index (χ3n) is 3.21. The van der Waals surface area contributed by atoms with Crippen molar-refractivity contribution in [1.29, 1.82) is 0 Å². The van der Waals surface area contributed by atoms with Crippen LogP contribution in [0.15, 0.2) is 11.5 Å². The Hall–Kier alpha value is -1.17. The summed E-state index contributed by atoms with van der Waals surface area (Å²) in [7, 11) is 0. The SMILES string of the molecule is CC(C)(C)OC(=O)N1CCN(C(=O)C2CC=CS2)CC1. The van der Waals surface area contributed by atoms with Crippen LogP contribution in [0.4, 0.5) is 4.79 Å². The van der Waals surface area contributed by atoms with Crippen molar-refractivity contribution < 1.29 is 14.3 Å². The van der Waals surface area contributed by atoms with Crippen molar-refractivity contribution in [1.82, 2.24) is 9.80 Å². The molecule has 6 heteroatoms. The molecule has 0 radical (unpaired) electrons. The highest BCUT2D eigenvalue weighted by atomic mass is 32.2. The van der Waals surface area contributed by atoms with E-state index in [0.29, 0.717) is 26.2 Å². The van der Waals surface area contributed by atoms with Crippen molar-refractivity contribution in [2.45, 2.75) is 38.0 Å². The number of hydrogen-bond donors (Lipinski definition) is 0. The highest BCUT2D eigenvalue weighted by molar-refractivity contribution is 8.03. The van der Waals surface area contributed by atoms with Gasteiger partial charge in [0.2, 0.25) is 5.91 Å². The van der Waals surface area contributed by atoms with Crippen LogP contribution in [-0.2, 0) is 9.53 Å². The summed E-state index contributed by atoms with van der Waals surface area (Å²) in [5.74, 6) is 0.184. The van der Waals surface area contributed by atoms with E-state index in [-0.39, 0.29) is 17.3 Å². The summed E-state index contributed by atoms with van der Waals surface area (Å²) in [4.78, 5) is 27.7. The molecule has 0 bridgehead atoms. The molecule has 0 aromatic carbocycles. The Labute approximate surface area is 124 Å². The second kappa shape index (κ2) is 6.08. The quantitative estimate of drug-likeness (QED) is 0.744. The first-order chi connectivity index (χ1) is 9.37. The predicted molar refractivity (Wildman–Crippen MR) is 79.5 cm³/mol. The molecular weight excluding hydrogens is 276 g/mol. The van der Waals surface area contributed by atoms with E-state index < -0.39 is 5.60 Å². The van der Waals surface area contributed by atoms with Gasteiger partial charge in [0.15, 0.2) is 0 Å². The Morgan fingerprint density at radius 3 is 2.25 bits per heavy atom. The minimum absolute atomic E-state index is 0.0306. The molecule has 0 saturated carbocycles. The normalized spacial score (nSPS) is 23.1. The Morgan fingerprint density at radius 2 is 1.75 bits per heavy atom. The highest BCUT2D eigenvalue weighted by Crippen LogP contribution is 2.26. The van der Waals surface area contributed by atoms with Crippen LogP contribution in [0.25, 0.3) is 0 Å². The van der Waals surface area contributed by atoms with E-state index in [1.54, 1.807) is 16.7 Å². The molecule has 20 heavy (non-hydrogen) atoms. The third kappa shape index (κ3) is 3.91. The molecule has 1 fully saturated rings. The van der Waals surface area contributed by atoms with Gasteiger partial charge in [0.1, 0.15) is 5.60 Å². The molecule has 112 valence electrons. The number of piperazine rings is 1. The number of nitrogens with zero attached hydrogens (tertiary/aromatic N) is 2. The van der Waals surface area contributed by atoms with Gasteiger partial charge < -0.3 is 14.5 Å². The van der Waals surface area contributed by atoms with Gasteiger partial charge in [0.25, 0.3) is 0 Å². The Morgan fingerprint density at radius 1 is 1.15 bits per heavy atom. The summed E-state index contributed by atoms with van der Waals surface area (Å²) < 4.78 is 5.34. The largest absolute Gasteiger partial charge is 0.444 e. The fourth-order valence-electron chi connectivity index (χ4n) is 2.18. The zero-order chi connectivity index (χ0) is 14.8. The lowest BCUT2D eigenvalue weighted by molar-refractivity contribution is -0.132. The van der Waals surface area contributed by atoms with E-state index >= 15 is 0 Å². The molecule has 2 heterocycles. The van der Waals surface area contributed by atoms with Gasteiger partial charge in [-0.1, -0.05) is 6.08 Å². The van der Waals surface area contributed by atoms with Gasteiger partial charge >= 0.3 is 6.09 Å². The molecule has 1 unspecified atom stereocenters. The zero-order valence-electron chi connectivity index (χ0n) is 12.3. The molecule has 2 rings (SSSR count). The lowest BCUT2D eigenvalue weighted by atomic mass is 10.2. The fourth-order valence-corrected chi connectivity index (χ4v) is 3.08. The molecular formula is C14H22N2O3S. The summed E-state index contributed by atoms with van der Waals surface area (Å²) in [6.07, 6.45) is 2.56. The van der Waals surface area contributed by atoms with Crippen LogP contribution in [0.3, 0.4) is 0 Å². The lowest BCUT2D eigenvalue weighted by Crippen LogP contribution is -2.53. The van der Waals surface area contributed by atoms with Crippen LogP contribution >= 0.6 is 11.8 Å². The second-order valence-electron chi connectivity index (χ2n) is 6.02. The summed E-state index contributed by atoms with van der Waals surface area (Å²) >= 11 is 1.58. The van der Waals surface area contributed by atoms with E-state index in [9.17, 15) is 9.59 Å². The number of carbonyl (C=O) groups excluding carboxylic acids is 2. The maximum atomic E-state index is 12.2. The van der Waals surface area contributed by atoms with Crippen LogP contribution in [0.2, 0.25) is 0 Å². The van der Waals surface area contributed by atoms with Crippen molar-refractivity contribution in [2.75, 3.05) is 26.2 Å². The van der Waals surface area contributed by atoms with Crippen molar-refractivity contribution in [2.24, 2.45) is 0 Å². The first-order valence-electron chi connectivity index (χ1n) is 6.94. The average Bonchev–Trinajstić information content (AvgIpc) is 2.90. The molecule has 2 aliphatic heterocycles. The Kier molecular flexibility index (Phi) is 4.62. The highest BCUT2D eigenvalue weighted by Gasteiger charge is 2.31. The maximum absolute atomic E-state index is 12.2. The van der Waals surface area contributed by atoms with Gasteiger partial charge in [-0.2, -0.15) is 0 Å². The van der Waals surface area contributed by atoms with Crippen LogP contribution in [0, 0.1) is 0 Å². The molecule has 0 aliphatic carbocycles. The first kappa shape index (κ1) is 15.2. The Bertz CT molecular complexity index is 401. The molecule has 5 nitrogen and oxygen atoms in total. The lowest BCUT2D eigenvalue weighted by Gasteiger charge is -2.36. The monoisotopic (exact) mass is 298 g/mol. The predicted octanol–water partition coefficient (Wildman–Crippen LogP) is 2.08. The molecule has 1 atom stereocenters. The van der Waals surface area contributed by atoms with Gasteiger partial charge in [-0.15, -0.1) is 11.8 Å². The summed E-state index contributed by atoms with van der Waals surface area (Å²) in [6, 6.07) is 0. The van der Waals surface area contributed by atoms with Gasteiger partial charge in [0.05, 0.1) is 5.25 Å². The minimum Gasteiger partial charge on any atom is -0.444 e. The Balaban J connectivity index is 1.80.